The molecule has 2 amide bonds. The Bertz CT molecular complexity index is 909. The Morgan fingerprint density at radius 1 is 1.11 bits per heavy atom. The van der Waals surface area contributed by atoms with Crippen LogP contribution in [0.5, 0.6) is 0 Å². The number of nitrogens with zero attached hydrogens (tertiary/aromatic N) is 1. The van der Waals surface area contributed by atoms with E-state index in [-0.39, 0.29) is 16.7 Å². The van der Waals surface area contributed by atoms with Crippen molar-refractivity contribution in [2.45, 2.75) is 6.92 Å². The summed E-state index contributed by atoms with van der Waals surface area (Å²) in [6, 6.07) is 12.4. The smallest absolute Gasteiger partial charge is 0.269 e. The van der Waals surface area contributed by atoms with E-state index in [1.807, 2.05) is 6.92 Å². The van der Waals surface area contributed by atoms with Crippen molar-refractivity contribution in [3.63, 3.8) is 0 Å². The number of thiocarbonyl (C=S) groups is 1. The highest BCUT2D eigenvalue weighted by atomic mass is 32.1. The van der Waals surface area contributed by atoms with E-state index in [1.54, 1.807) is 24.3 Å². The van der Waals surface area contributed by atoms with Crippen LogP contribution in [-0.4, -0.2) is 28.4 Å². The highest BCUT2D eigenvalue weighted by molar-refractivity contribution is 7.80. The van der Waals surface area contributed by atoms with Crippen LogP contribution in [0.1, 0.15) is 22.8 Å². The SMILES string of the molecule is CCNC(=O)c1ccc(NC(=S)NC(=O)/C=C/c2ccc([N+](=O)[O-])cc2)cc1. The molecule has 8 nitrogen and oxygen atoms in total. The zero-order valence-corrected chi connectivity index (χ0v) is 15.8. The Morgan fingerprint density at radius 3 is 2.32 bits per heavy atom. The molecule has 0 aliphatic carbocycles. The number of anilines is 1. The Labute approximate surface area is 166 Å². The van der Waals surface area contributed by atoms with Gasteiger partial charge in [-0.3, -0.25) is 25.0 Å². The molecule has 0 saturated heterocycles. The van der Waals surface area contributed by atoms with Gasteiger partial charge in [0.25, 0.3) is 11.6 Å². The molecule has 2 aromatic carbocycles. The fourth-order valence-corrected chi connectivity index (χ4v) is 2.38. The lowest BCUT2D eigenvalue weighted by molar-refractivity contribution is -0.384. The number of carbonyl (C=O) groups is 2. The van der Waals surface area contributed by atoms with Crippen LogP contribution in [0, 0.1) is 10.1 Å². The largest absolute Gasteiger partial charge is 0.352 e. The van der Waals surface area contributed by atoms with Crippen LogP contribution < -0.4 is 16.0 Å². The van der Waals surface area contributed by atoms with Gasteiger partial charge in [-0.25, -0.2) is 0 Å². The molecule has 0 unspecified atom stereocenters. The quantitative estimate of drug-likeness (QED) is 0.298. The van der Waals surface area contributed by atoms with E-state index in [0.29, 0.717) is 23.4 Å². The molecule has 9 heteroatoms. The number of hydrogen-bond donors (Lipinski definition) is 3. The first-order valence-corrected chi connectivity index (χ1v) is 8.72. The van der Waals surface area contributed by atoms with E-state index >= 15 is 0 Å². The molecule has 3 N–H and O–H groups in total. The summed E-state index contributed by atoms with van der Waals surface area (Å²) in [6.45, 7) is 2.38. The molecule has 0 fully saturated rings. The first-order valence-electron chi connectivity index (χ1n) is 8.32. The molecule has 2 rings (SSSR count). The number of hydrogen-bond acceptors (Lipinski definition) is 5. The molecule has 0 heterocycles. The molecule has 0 spiro atoms. The van der Waals surface area contributed by atoms with Crippen molar-refractivity contribution in [3.8, 4) is 0 Å². The predicted molar refractivity (Wildman–Crippen MR) is 111 cm³/mol. The first kappa shape index (κ1) is 20.7. The summed E-state index contributed by atoms with van der Waals surface area (Å²) >= 11 is 5.08. The number of amides is 2. The van der Waals surface area contributed by atoms with Crippen molar-refractivity contribution in [2.24, 2.45) is 0 Å². The van der Waals surface area contributed by atoms with Crippen LogP contribution in [0.25, 0.3) is 6.08 Å². The van der Waals surface area contributed by atoms with Crippen molar-refractivity contribution >= 4 is 46.6 Å². The number of rotatable bonds is 6. The van der Waals surface area contributed by atoms with Gasteiger partial charge in [-0.2, -0.15) is 0 Å². The van der Waals surface area contributed by atoms with E-state index < -0.39 is 10.8 Å². The molecular formula is C19H18N4O4S. The van der Waals surface area contributed by atoms with Gasteiger partial charge in [0.05, 0.1) is 4.92 Å². The zero-order chi connectivity index (χ0) is 20.5. The van der Waals surface area contributed by atoms with Gasteiger partial charge in [-0.1, -0.05) is 0 Å². The number of benzene rings is 2. The second kappa shape index (κ2) is 9.93. The van der Waals surface area contributed by atoms with Gasteiger partial charge >= 0.3 is 0 Å². The second-order valence-electron chi connectivity index (χ2n) is 5.56. The third-order valence-corrected chi connectivity index (χ3v) is 3.71. The molecule has 0 bridgehead atoms. The molecule has 0 saturated carbocycles. The molecule has 0 aliphatic heterocycles. The summed E-state index contributed by atoms with van der Waals surface area (Å²) in [5, 5.41) is 18.8. The van der Waals surface area contributed by atoms with Gasteiger partial charge in [0, 0.05) is 36.0 Å². The maximum Gasteiger partial charge on any atom is 0.269 e. The lowest BCUT2D eigenvalue weighted by Crippen LogP contribution is -2.32. The van der Waals surface area contributed by atoms with E-state index in [0.717, 1.165) is 0 Å². The minimum atomic E-state index is -0.493. The van der Waals surface area contributed by atoms with Gasteiger partial charge in [0.1, 0.15) is 0 Å². The summed E-state index contributed by atoms with van der Waals surface area (Å²) in [7, 11) is 0. The van der Waals surface area contributed by atoms with Gasteiger partial charge in [-0.15, -0.1) is 0 Å². The number of carbonyl (C=O) groups excluding carboxylic acids is 2. The normalized spacial score (nSPS) is 10.3. The van der Waals surface area contributed by atoms with Crippen molar-refractivity contribution in [1.29, 1.82) is 0 Å². The maximum absolute atomic E-state index is 11.9. The van der Waals surface area contributed by atoms with Crippen molar-refractivity contribution < 1.29 is 14.5 Å². The monoisotopic (exact) mass is 398 g/mol. The Morgan fingerprint density at radius 2 is 1.75 bits per heavy atom. The standard InChI is InChI=1S/C19H18N4O4S/c1-2-20-18(25)14-6-8-15(9-7-14)21-19(28)22-17(24)12-5-13-3-10-16(11-4-13)23(26)27/h3-12H,2H2,1H3,(H,20,25)(H2,21,22,24,28)/b12-5+. The highest BCUT2D eigenvalue weighted by Gasteiger charge is 2.06. The fraction of sp³-hybridized carbons (Fsp3) is 0.105. The number of nitro groups is 1. The summed E-state index contributed by atoms with van der Waals surface area (Å²) in [5.41, 5.74) is 1.76. The lowest BCUT2D eigenvalue weighted by Gasteiger charge is -2.09. The Hall–Kier alpha value is -3.59. The van der Waals surface area contributed by atoms with Crippen LogP contribution in [0.3, 0.4) is 0 Å². The maximum atomic E-state index is 11.9. The third-order valence-electron chi connectivity index (χ3n) is 3.51. The van der Waals surface area contributed by atoms with E-state index in [1.165, 1.54) is 36.4 Å². The van der Waals surface area contributed by atoms with E-state index in [9.17, 15) is 19.7 Å². The number of nitro benzene ring substituents is 1. The minimum Gasteiger partial charge on any atom is -0.352 e. The van der Waals surface area contributed by atoms with Crippen molar-refractivity contribution in [2.75, 3.05) is 11.9 Å². The molecule has 2 aromatic rings. The molecule has 28 heavy (non-hydrogen) atoms. The number of nitrogens with one attached hydrogen (secondary N) is 3. The minimum absolute atomic E-state index is 0.0230. The average molecular weight is 398 g/mol. The third kappa shape index (κ3) is 6.29. The van der Waals surface area contributed by atoms with E-state index in [4.69, 9.17) is 12.2 Å². The van der Waals surface area contributed by atoms with Crippen molar-refractivity contribution in [3.05, 3.63) is 75.8 Å². The Kier molecular flexibility index (Phi) is 7.35. The van der Waals surface area contributed by atoms with Crippen LogP contribution in [0.4, 0.5) is 11.4 Å². The van der Waals surface area contributed by atoms with Crippen molar-refractivity contribution in [1.82, 2.24) is 10.6 Å². The van der Waals surface area contributed by atoms with Gasteiger partial charge < -0.3 is 10.6 Å². The topological polar surface area (TPSA) is 113 Å². The predicted octanol–water partition coefficient (Wildman–Crippen LogP) is 2.87. The Balaban J connectivity index is 1.87. The average Bonchev–Trinajstić information content (AvgIpc) is 2.67. The van der Waals surface area contributed by atoms with Gasteiger partial charge in [-0.05, 0) is 67.2 Å². The zero-order valence-electron chi connectivity index (χ0n) is 15.0. The van der Waals surface area contributed by atoms with Gasteiger partial charge in [0.2, 0.25) is 5.91 Å². The van der Waals surface area contributed by atoms with Crippen LogP contribution in [0.15, 0.2) is 54.6 Å². The first-order chi connectivity index (χ1) is 13.4. The van der Waals surface area contributed by atoms with Gasteiger partial charge in [0.15, 0.2) is 5.11 Å². The van der Waals surface area contributed by atoms with Crippen LogP contribution in [-0.2, 0) is 4.79 Å². The summed E-state index contributed by atoms with van der Waals surface area (Å²) in [5.74, 6) is -0.615. The molecule has 0 atom stereocenters. The lowest BCUT2D eigenvalue weighted by atomic mass is 10.2. The fourth-order valence-electron chi connectivity index (χ4n) is 2.16. The molecular weight excluding hydrogens is 380 g/mol. The molecule has 0 radical (unpaired) electrons. The molecule has 0 aromatic heterocycles. The number of non-ortho nitro benzene ring substituents is 1. The summed E-state index contributed by atoms with van der Waals surface area (Å²) in [4.78, 5) is 33.8. The second-order valence-corrected chi connectivity index (χ2v) is 5.97. The summed E-state index contributed by atoms with van der Waals surface area (Å²) < 4.78 is 0. The van der Waals surface area contributed by atoms with Crippen LogP contribution in [0.2, 0.25) is 0 Å². The summed E-state index contributed by atoms with van der Waals surface area (Å²) in [6.07, 6.45) is 2.79. The highest BCUT2D eigenvalue weighted by Crippen LogP contribution is 2.13. The molecule has 144 valence electrons. The van der Waals surface area contributed by atoms with E-state index in [2.05, 4.69) is 16.0 Å². The van der Waals surface area contributed by atoms with Crippen LogP contribution >= 0.6 is 12.2 Å². The molecule has 0 aliphatic rings.